The summed E-state index contributed by atoms with van der Waals surface area (Å²) in [6.07, 6.45) is 0.384. The molecule has 0 fully saturated rings. The van der Waals surface area contributed by atoms with E-state index >= 15 is 0 Å². The monoisotopic (exact) mass is 367 g/mol. The van der Waals surface area contributed by atoms with Gasteiger partial charge < -0.3 is 9.47 Å². The summed E-state index contributed by atoms with van der Waals surface area (Å²) in [5.74, 6) is 2.05. The molecule has 1 aliphatic rings. The summed E-state index contributed by atoms with van der Waals surface area (Å²) in [6, 6.07) is 15.3. The lowest BCUT2D eigenvalue weighted by molar-refractivity contribution is 0.0868. The molecule has 3 aromatic rings. The largest absolute Gasteiger partial charge is 0.497 e. The quantitative estimate of drug-likeness (QED) is 0.698. The lowest BCUT2D eigenvalue weighted by Crippen LogP contribution is -2.20. The number of benzene rings is 2. The summed E-state index contributed by atoms with van der Waals surface area (Å²) in [5.41, 5.74) is 1.92. The normalized spacial score (nSPS) is 16.2. The smallest absolute Gasteiger partial charge is 0.250 e. The maximum absolute atomic E-state index is 12.5. The molecule has 2 heterocycles. The molecule has 2 aromatic carbocycles. The van der Waals surface area contributed by atoms with E-state index in [1.54, 1.807) is 26.0 Å². The van der Waals surface area contributed by atoms with Crippen LogP contribution in [-0.2, 0) is 0 Å². The Balaban J connectivity index is 1.61. The summed E-state index contributed by atoms with van der Waals surface area (Å²) in [6.45, 7) is 0. The fourth-order valence-corrected chi connectivity index (χ4v) is 3.97. The molecule has 4 rings (SSSR count). The van der Waals surface area contributed by atoms with Crippen LogP contribution < -0.4 is 9.47 Å². The highest BCUT2D eigenvalue weighted by Crippen LogP contribution is 2.41. The highest BCUT2D eigenvalue weighted by Gasteiger charge is 2.30. The first-order valence-electron chi connectivity index (χ1n) is 8.13. The minimum Gasteiger partial charge on any atom is -0.497 e. The van der Waals surface area contributed by atoms with Gasteiger partial charge in [-0.2, -0.15) is 4.68 Å². The second-order valence-electron chi connectivity index (χ2n) is 5.84. The zero-order valence-corrected chi connectivity index (χ0v) is 15.2. The Morgan fingerprint density at radius 1 is 1.00 bits per heavy atom. The number of fused-ring (bicyclic) bond motifs is 1. The first kappa shape index (κ1) is 16.7. The third-order valence-electron chi connectivity index (χ3n) is 4.26. The predicted molar refractivity (Wildman–Crippen MR) is 98.8 cm³/mol. The lowest BCUT2D eigenvalue weighted by atomic mass is 10.1. The number of aromatic nitrogens is 3. The molecule has 1 aromatic heterocycles. The van der Waals surface area contributed by atoms with Crippen LogP contribution in [0.3, 0.4) is 0 Å². The first-order chi connectivity index (χ1) is 12.7. The molecule has 0 N–H and O–H groups in total. The van der Waals surface area contributed by atoms with Gasteiger partial charge in [0.1, 0.15) is 11.5 Å². The van der Waals surface area contributed by atoms with Crippen LogP contribution in [-0.4, -0.2) is 34.9 Å². The Hall–Kier alpha value is -2.80. The molecule has 132 valence electrons. The van der Waals surface area contributed by atoms with Gasteiger partial charge in [-0.1, -0.05) is 23.9 Å². The SMILES string of the molecule is COc1ccc(-c2nc3n(n2)C(=O)C[C@@H](c2ccc(OC)cc2)S3)cc1. The average Bonchev–Trinajstić information content (AvgIpc) is 3.13. The maximum atomic E-state index is 12.5. The Morgan fingerprint density at radius 3 is 2.23 bits per heavy atom. The molecule has 0 radical (unpaired) electrons. The molecule has 7 heteroatoms. The summed E-state index contributed by atoms with van der Waals surface area (Å²) >= 11 is 1.55. The van der Waals surface area contributed by atoms with E-state index in [0.717, 1.165) is 22.6 Å². The van der Waals surface area contributed by atoms with Gasteiger partial charge in [0.25, 0.3) is 5.91 Å². The van der Waals surface area contributed by atoms with Crippen molar-refractivity contribution in [1.82, 2.24) is 14.8 Å². The van der Waals surface area contributed by atoms with Crippen molar-refractivity contribution in [1.29, 1.82) is 0 Å². The number of hydrogen-bond donors (Lipinski definition) is 0. The van der Waals surface area contributed by atoms with E-state index in [4.69, 9.17) is 9.47 Å². The Kier molecular flexibility index (Phi) is 4.38. The van der Waals surface area contributed by atoms with Crippen LogP contribution in [0.2, 0.25) is 0 Å². The van der Waals surface area contributed by atoms with Crippen molar-refractivity contribution in [3.63, 3.8) is 0 Å². The molecule has 26 heavy (non-hydrogen) atoms. The van der Waals surface area contributed by atoms with Crippen LogP contribution in [0.25, 0.3) is 11.4 Å². The third-order valence-corrected chi connectivity index (χ3v) is 5.46. The van der Waals surface area contributed by atoms with Crippen LogP contribution in [0, 0.1) is 0 Å². The molecule has 0 bridgehead atoms. The molecule has 0 aliphatic carbocycles. The van der Waals surface area contributed by atoms with Crippen LogP contribution >= 0.6 is 11.8 Å². The van der Waals surface area contributed by atoms with Crippen molar-refractivity contribution in [3.05, 3.63) is 54.1 Å². The molecule has 0 amide bonds. The van der Waals surface area contributed by atoms with Gasteiger partial charge in [-0.3, -0.25) is 4.79 Å². The molecule has 1 atom stereocenters. The highest BCUT2D eigenvalue weighted by molar-refractivity contribution is 7.99. The third kappa shape index (κ3) is 3.06. The summed E-state index contributed by atoms with van der Waals surface area (Å²) < 4.78 is 11.8. The van der Waals surface area contributed by atoms with E-state index in [1.807, 2.05) is 48.5 Å². The van der Waals surface area contributed by atoms with Gasteiger partial charge in [0.2, 0.25) is 0 Å². The molecule has 0 saturated carbocycles. The highest BCUT2D eigenvalue weighted by atomic mass is 32.2. The van der Waals surface area contributed by atoms with Crippen molar-refractivity contribution in [3.8, 4) is 22.9 Å². The Labute approximate surface area is 155 Å². The topological polar surface area (TPSA) is 66.2 Å². The zero-order valence-electron chi connectivity index (χ0n) is 14.4. The van der Waals surface area contributed by atoms with Crippen molar-refractivity contribution in [2.75, 3.05) is 14.2 Å². The summed E-state index contributed by atoms with van der Waals surface area (Å²) in [5, 5.41) is 5.03. The van der Waals surface area contributed by atoms with E-state index < -0.39 is 0 Å². The van der Waals surface area contributed by atoms with Crippen LogP contribution in [0.15, 0.2) is 53.7 Å². The predicted octanol–water partition coefficient (Wildman–Crippen LogP) is 3.84. The van der Waals surface area contributed by atoms with Gasteiger partial charge in [-0.25, -0.2) is 4.98 Å². The van der Waals surface area contributed by atoms with Crippen molar-refractivity contribution in [2.45, 2.75) is 16.8 Å². The minimum absolute atomic E-state index is 0.0221. The summed E-state index contributed by atoms with van der Waals surface area (Å²) in [4.78, 5) is 17.1. The number of rotatable bonds is 4. The Morgan fingerprint density at radius 2 is 1.62 bits per heavy atom. The average molecular weight is 367 g/mol. The molecule has 0 unspecified atom stereocenters. The van der Waals surface area contributed by atoms with E-state index in [2.05, 4.69) is 10.1 Å². The molecular formula is C19H17N3O3S. The number of ether oxygens (including phenoxy) is 2. The standard InChI is InChI=1S/C19H17N3O3S/c1-24-14-7-3-12(4-8-14)16-11-17(23)22-19(26-16)20-18(21-22)13-5-9-15(25-2)10-6-13/h3-10,16H,11H2,1-2H3/t16-/m0/s1. The molecule has 0 spiro atoms. The summed E-state index contributed by atoms with van der Waals surface area (Å²) in [7, 11) is 3.26. The number of carbonyl (C=O) groups excluding carboxylic acids is 1. The van der Waals surface area contributed by atoms with Crippen LogP contribution in [0.1, 0.15) is 22.0 Å². The van der Waals surface area contributed by atoms with Gasteiger partial charge >= 0.3 is 0 Å². The maximum Gasteiger partial charge on any atom is 0.250 e. The van der Waals surface area contributed by atoms with Crippen molar-refractivity contribution < 1.29 is 14.3 Å². The van der Waals surface area contributed by atoms with E-state index in [-0.39, 0.29) is 11.2 Å². The molecule has 1 aliphatic heterocycles. The lowest BCUT2D eigenvalue weighted by Gasteiger charge is -2.20. The number of carbonyl (C=O) groups is 1. The van der Waals surface area contributed by atoms with Crippen LogP contribution in [0.5, 0.6) is 11.5 Å². The molecule has 0 saturated heterocycles. The Bertz CT molecular complexity index is 936. The second kappa shape index (κ2) is 6.84. The second-order valence-corrected chi connectivity index (χ2v) is 7.01. The fraction of sp³-hybridized carbons (Fsp3) is 0.211. The van der Waals surface area contributed by atoms with Gasteiger partial charge in [-0.15, -0.1) is 5.10 Å². The number of hydrogen-bond acceptors (Lipinski definition) is 6. The minimum atomic E-state index is -0.0492. The number of nitrogens with zero attached hydrogens (tertiary/aromatic N) is 3. The van der Waals surface area contributed by atoms with Gasteiger partial charge in [0.05, 0.1) is 14.2 Å². The fourth-order valence-electron chi connectivity index (χ4n) is 2.82. The number of thioether (sulfide) groups is 1. The molecule has 6 nitrogen and oxygen atoms in total. The zero-order chi connectivity index (χ0) is 18.1. The number of methoxy groups -OCH3 is 2. The van der Waals surface area contributed by atoms with Gasteiger partial charge in [0.15, 0.2) is 11.0 Å². The molecular weight excluding hydrogens is 350 g/mol. The van der Waals surface area contributed by atoms with E-state index in [0.29, 0.717) is 17.4 Å². The van der Waals surface area contributed by atoms with Gasteiger partial charge in [-0.05, 0) is 42.0 Å². The van der Waals surface area contributed by atoms with E-state index in [9.17, 15) is 4.79 Å². The van der Waals surface area contributed by atoms with Crippen molar-refractivity contribution in [2.24, 2.45) is 0 Å². The first-order valence-corrected chi connectivity index (χ1v) is 9.01. The van der Waals surface area contributed by atoms with Crippen molar-refractivity contribution >= 4 is 17.7 Å². The van der Waals surface area contributed by atoms with E-state index in [1.165, 1.54) is 4.68 Å². The van der Waals surface area contributed by atoms with Gasteiger partial charge in [0, 0.05) is 17.2 Å². The van der Waals surface area contributed by atoms with Crippen LogP contribution in [0.4, 0.5) is 0 Å².